The molecule has 0 aliphatic rings. The van der Waals surface area contributed by atoms with Gasteiger partial charge in [-0.2, -0.15) is 5.21 Å². The molecule has 19 heavy (non-hydrogen) atoms. The van der Waals surface area contributed by atoms with Gasteiger partial charge in [-0.05, 0) is 17.3 Å². The van der Waals surface area contributed by atoms with E-state index in [0.29, 0.717) is 0 Å². The van der Waals surface area contributed by atoms with Gasteiger partial charge in [-0.25, -0.2) is 0 Å². The highest BCUT2D eigenvalue weighted by atomic mass is 19.4. The Morgan fingerprint density at radius 2 is 2.05 bits per heavy atom. The Morgan fingerprint density at radius 3 is 2.68 bits per heavy atom. The third kappa shape index (κ3) is 3.40. The van der Waals surface area contributed by atoms with Gasteiger partial charge in [-0.1, -0.05) is 12.1 Å². The van der Waals surface area contributed by atoms with Crippen LogP contribution in [0.3, 0.4) is 0 Å². The van der Waals surface area contributed by atoms with E-state index < -0.39 is 18.0 Å². The van der Waals surface area contributed by atoms with Crippen molar-refractivity contribution >= 4 is 11.6 Å². The molecule has 0 aliphatic carbocycles. The first-order valence-electron chi connectivity index (χ1n) is 4.85. The lowest BCUT2D eigenvalue weighted by Crippen LogP contribution is -2.20. The number of hydrogen-bond acceptors (Lipinski definition) is 5. The monoisotopic (exact) mass is 273 g/mol. The van der Waals surface area contributed by atoms with Gasteiger partial charge in [0.1, 0.15) is 0 Å². The van der Waals surface area contributed by atoms with Gasteiger partial charge in [0, 0.05) is 0 Å². The number of rotatable bonds is 3. The van der Waals surface area contributed by atoms with Gasteiger partial charge in [-0.15, -0.1) is 23.4 Å². The van der Waals surface area contributed by atoms with Crippen LogP contribution in [-0.2, 0) is 0 Å². The number of carbonyl (C=O) groups excluding carboxylic acids is 1. The van der Waals surface area contributed by atoms with Crippen LogP contribution >= 0.6 is 0 Å². The number of nitrogens with one attached hydrogen (secondary N) is 2. The van der Waals surface area contributed by atoms with Crippen molar-refractivity contribution in [2.45, 2.75) is 6.36 Å². The van der Waals surface area contributed by atoms with Gasteiger partial charge >= 0.3 is 6.36 Å². The van der Waals surface area contributed by atoms with E-state index in [1.54, 1.807) is 0 Å². The van der Waals surface area contributed by atoms with Crippen molar-refractivity contribution < 1.29 is 22.7 Å². The van der Waals surface area contributed by atoms with E-state index in [0.717, 1.165) is 6.07 Å². The van der Waals surface area contributed by atoms with Gasteiger partial charge in [0.25, 0.3) is 11.7 Å². The van der Waals surface area contributed by atoms with Crippen LogP contribution in [0.15, 0.2) is 24.3 Å². The normalized spacial score (nSPS) is 11.1. The summed E-state index contributed by atoms with van der Waals surface area (Å²) in [5, 5.41) is 14.2. The fourth-order valence-corrected chi connectivity index (χ4v) is 1.22. The second-order valence-corrected chi connectivity index (χ2v) is 3.23. The summed E-state index contributed by atoms with van der Waals surface area (Å²) in [5.74, 6) is -1.65. The first-order chi connectivity index (χ1) is 8.96. The molecule has 100 valence electrons. The maximum absolute atomic E-state index is 12.2. The molecule has 0 radical (unpaired) electrons. The molecule has 0 unspecified atom stereocenters. The Balaban J connectivity index is 2.18. The van der Waals surface area contributed by atoms with Crippen molar-refractivity contribution in [3.8, 4) is 5.75 Å². The average molecular weight is 273 g/mol. The van der Waals surface area contributed by atoms with Crippen LogP contribution in [0.2, 0.25) is 0 Å². The topological polar surface area (TPSA) is 92.8 Å². The molecule has 2 rings (SSSR count). The molecule has 0 spiro atoms. The number of hydrogen-bond donors (Lipinski definition) is 2. The highest BCUT2D eigenvalue weighted by Crippen LogP contribution is 2.29. The minimum atomic E-state index is -4.85. The first kappa shape index (κ1) is 12.8. The summed E-state index contributed by atoms with van der Waals surface area (Å²) in [5.41, 5.74) is -0.158. The zero-order valence-electron chi connectivity index (χ0n) is 9.10. The van der Waals surface area contributed by atoms with Crippen LogP contribution in [0.25, 0.3) is 0 Å². The van der Waals surface area contributed by atoms with Gasteiger partial charge in [0.05, 0.1) is 5.69 Å². The lowest BCUT2D eigenvalue weighted by Gasteiger charge is -2.12. The van der Waals surface area contributed by atoms with Crippen LogP contribution in [0.5, 0.6) is 5.75 Å². The minimum Gasteiger partial charge on any atom is -0.404 e. The van der Waals surface area contributed by atoms with E-state index in [9.17, 15) is 18.0 Å². The molecule has 7 nitrogen and oxygen atoms in total. The lowest BCUT2D eigenvalue weighted by atomic mass is 10.3. The van der Waals surface area contributed by atoms with Crippen LogP contribution in [0.4, 0.5) is 18.9 Å². The number of para-hydroxylation sites is 2. The maximum Gasteiger partial charge on any atom is 0.573 e. The zero-order valence-corrected chi connectivity index (χ0v) is 9.10. The molecule has 2 aromatic rings. The number of nitrogens with zero attached hydrogens (tertiary/aromatic N) is 3. The van der Waals surface area contributed by atoms with Crippen molar-refractivity contribution in [1.82, 2.24) is 20.6 Å². The van der Waals surface area contributed by atoms with Crippen molar-refractivity contribution in [2.75, 3.05) is 5.32 Å². The number of tetrazole rings is 1. The van der Waals surface area contributed by atoms with Gasteiger partial charge in [-0.3, -0.25) is 4.79 Å². The van der Waals surface area contributed by atoms with E-state index in [-0.39, 0.29) is 11.5 Å². The molecule has 1 amide bonds. The van der Waals surface area contributed by atoms with E-state index >= 15 is 0 Å². The molecular weight excluding hydrogens is 267 g/mol. The maximum atomic E-state index is 12.2. The SMILES string of the molecule is O=C(Nc1ccccc1OC(F)(F)F)c1nn[nH]n1. The molecule has 0 saturated carbocycles. The van der Waals surface area contributed by atoms with Crippen molar-refractivity contribution in [2.24, 2.45) is 0 Å². The Morgan fingerprint density at radius 1 is 1.32 bits per heavy atom. The van der Waals surface area contributed by atoms with E-state index in [2.05, 4.69) is 30.7 Å². The van der Waals surface area contributed by atoms with E-state index in [1.807, 2.05) is 0 Å². The van der Waals surface area contributed by atoms with Crippen molar-refractivity contribution in [1.29, 1.82) is 0 Å². The molecule has 0 atom stereocenters. The van der Waals surface area contributed by atoms with Crippen LogP contribution < -0.4 is 10.1 Å². The van der Waals surface area contributed by atoms with E-state index in [1.165, 1.54) is 18.2 Å². The Kier molecular flexibility index (Phi) is 3.31. The Labute approximate surface area is 103 Å². The zero-order chi connectivity index (χ0) is 13.9. The summed E-state index contributed by atoms with van der Waals surface area (Å²) < 4.78 is 40.2. The second kappa shape index (κ2) is 4.92. The number of anilines is 1. The fraction of sp³-hybridized carbons (Fsp3) is 0.111. The lowest BCUT2D eigenvalue weighted by molar-refractivity contribution is -0.274. The molecular formula is C9H6F3N5O2. The summed E-state index contributed by atoms with van der Waals surface area (Å²) in [6.07, 6.45) is -4.85. The molecule has 0 saturated heterocycles. The summed E-state index contributed by atoms with van der Waals surface area (Å²) in [7, 11) is 0. The first-order valence-corrected chi connectivity index (χ1v) is 4.85. The molecule has 1 aromatic carbocycles. The highest BCUT2D eigenvalue weighted by Gasteiger charge is 2.32. The predicted octanol–water partition coefficient (Wildman–Crippen LogP) is 1.35. The standard InChI is InChI=1S/C9H6F3N5O2/c10-9(11,12)19-6-4-2-1-3-5(6)13-8(18)7-14-16-17-15-7/h1-4H,(H,13,18)(H,14,15,16,17). The van der Waals surface area contributed by atoms with Crippen molar-refractivity contribution in [3.63, 3.8) is 0 Å². The predicted molar refractivity (Wildman–Crippen MR) is 55.3 cm³/mol. The third-order valence-electron chi connectivity index (χ3n) is 1.91. The van der Waals surface area contributed by atoms with Crippen LogP contribution in [0.1, 0.15) is 10.6 Å². The molecule has 2 N–H and O–H groups in total. The number of benzene rings is 1. The minimum absolute atomic E-state index is 0.158. The largest absolute Gasteiger partial charge is 0.573 e. The average Bonchev–Trinajstić information content (AvgIpc) is 2.83. The quantitative estimate of drug-likeness (QED) is 0.880. The van der Waals surface area contributed by atoms with Gasteiger partial charge in [0.2, 0.25) is 0 Å². The summed E-state index contributed by atoms with van der Waals surface area (Å²) in [6, 6.07) is 5.10. The Hall–Kier alpha value is -2.65. The number of carbonyl (C=O) groups is 1. The molecule has 1 aromatic heterocycles. The molecule has 1 heterocycles. The summed E-state index contributed by atoms with van der Waals surface area (Å²) >= 11 is 0. The summed E-state index contributed by atoms with van der Waals surface area (Å²) in [4.78, 5) is 11.6. The molecule has 10 heteroatoms. The third-order valence-corrected chi connectivity index (χ3v) is 1.91. The van der Waals surface area contributed by atoms with Crippen LogP contribution in [-0.4, -0.2) is 32.9 Å². The number of amides is 1. The Bertz CT molecular complexity index is 569. The number of ether oxygens (including phenoxy) is 1. The number of halogens is 3. The molecule has 0 bridgehead atoms. The number of aromatic amines is 1. The van der Waals surface area contributed by atoms with Crippen LogP contribution in [0, 0.1) is 0 Å². The second-order valence-electron chi connectivity index (χ2n) is 3.23. The number of H-pyrrole nitrogens is 1. The number of aromatic nitrogens is 4. The van der Waals surface area contributed by atoms with Gasteiger partial charge in [0.15, 0.2) is 5.75 Å². The smallest absolute Gasteiger partial charge is 0.404 e. The summed E-state index contributed by atoms with van der Waals surface area (Å²) in [6.45, 7) is 0. The van der Waals surface area contributed by atoms with Crippen molar-refractivity contribution in [3.05, 3.63) is 30.1 Å². The fourth-order valence-electron chi connectivity index (χ4n) is 1.22. The molecule has 0 fully saturated rings. The number of alkyl halides is 3. The van der Waals surface area contributed by atoms with E-state index in [4.69, 9.17) is 0 Å². The molecule has 0 aliphatic heterocycles. The van der Waals surface area contributed by atoms with Gasteiger partial charge < -0.3 is 10.1 Å². The highest BCUT2D eigenvalue weighted by molar-refractivity contribution is 6.02.